The number of hydrogen-bond donors (Lipinski definition) is 2. The lowest BCUT2D eigenvalue weighted by Gasteiger charge is -2.08. The summed E-state index contributed by atoms with van der Waals surface area (Å²) >= 11 is 12.7. The van der Waals surface area contributed by atoms with E-state index >= 15 is 0 Å². The number of nitrogens with zero attached hydrogens (tertiary/aromatic N) is 2. The van der Waals surface area contributed by atoms with Gasteiger partial charge in [-0.3, -0.25) is 0 Å². The van der Waals surface area contributed by atoms with Crippen LogP contribution in [-0.4, -0.2) is 21.0 Å². The molecule has 0 amide bonds. The predicted octanol–water partition coefficient (Wildman–Crippen LogP) is 3.60. The fourth-order valence-corrected chi connectivity index (χ4v) is 2.42. The van der Waals surface area contributed by atoms with Crippen molar-refractivity contribution in [3.8, 4) is 0 Å². The lowest BCUT2D eigenvalue weighted by Crippen LogP contribution is -2.02. The second-order valence-electron chi connectivity index (χ2n) is 3.39. The van der Waals surface area contributed by atoms with Crippen LogP contribution in [0.4, 0.5) is 11.5 Å². The van der Waals surface area contributed by atoms with E-state index < -0.39 is 5.97 Å². The summed E-state index contributed by atoms with van der Waals surface area (Å²) in [6.45, 7) is 1.79. The number of carbonyl (C=O) groups is 1. The molecule has 0 aliphatic rings. The molecule has 2 N–H and O–H groups in total. The number of carboxylic acids is 1. The summed E-state index contributed by atoms with van der Waals surface area (Å²) in [6, 6.07) is 0. The number of anilines is 2. The summed E-state index contributed by atoms with van der Waals surface area (Å²) in [5, 5.41) is 14.0. The van der Waals surface area contributed by atoms with E-state index in [1.807, 2.05) is 0 Å². The van der Waals surface area contributed by atoms with Gasteiger partial charge in [0, 0.05) is 0 Å². The van der Waals surface area contributed by atoms with Gasteiger partial charge < -0.3 is 10.4 Å². The number of nitrogens with one attached hydrogen (secondary N) is 1. The molecule has 2 heterocycles. The number of carboxylic acid groups (broad SMARTS) is 1. The number of halogens is 2. The van der Waals surface area contributed by atoms with Crippen LogP contribution in [0.15, 0.2) is 11.6 Å². The third kappa shape index (κ3) is 2.55. The highest BCUT2D eigenvalue weighted by atomic mass is 35.5. The highest BCUT2D eigenvalue weighted by molar-refractivity contribution is 7.12. The maximum atomic E-state index is 11.1. The Morgan fingerprint density at radius 3 is 2.89 bits per heavy atom. The van der Waals surface area contributed by atoms with Crippen LogP contribution in [0.1, 0.15) is 15.2 Å². The van der Waals surface area contributed by atoms with Crippen molar-refractivity contribution < 1.29 is 9.90 Å². The van der Waals surface area contributed by atoms with E-state index in [0.29, 0.717) is 5.69 Å². The average Bonchev–Trinajstić information content (AvgIpc) is 2.66. The number of rotatable bonds is 3. The molecular weight excluding hydrogens is 297 g/mol. The Morgan fingerprint density at radius 1 is 1.50 bits per heavy atom. The lowest BCUT2D eigenvalue weighted by molar-refractivity contribution is 0.0703. The Morgan fingerprint density at radius 2 is 2.22 bits per heavy atom. The quantitative estimate of drug-likeness (QED) is 0.847. The minimum Gasteiger partial charge on any atom is -0.477 e. The van der Waals surface area contributed by atoms with Gasteiger partial charge in [0.2, 0.25) is 5.28 Å². The van der Waals surface area contributed by atoms with Crippen molar-refractivity contribution in [3.05, 3.63) is 32.3 Å². The molecule has 0 saturated heterocycles. The standard InChI is InChI=1S/C10H7Cl2N3O2S/c1-4-3-18-7(9(16)17)6(4)14-8-5(11)2-13-10(12)15-8/h2-3H,1H3,(H,16,17)(H,13,14,15). The van der Waals surface area contributed by atoms with E-state index in [-0.39, 0.29) is 21.0 Å². The molecule has 0 atom stereocenters. The van der Waals surface area contributed by atoms with Crippen LogP contribution in [0, 0.1) is 6.92 Å². The summed E-state index contributed by atoms with van der Waals surface area (Å²) in [5.41, 5.74) is 1.26. The van der Waals surface area contributed by atoms with Gasteiger partial charge in [-0.05, 0) is 29.5 Å². The van der Waals surface area contributed by atoms with Crippen LogP contribution < -0.4 is 5.32 Å². The number of hydrogen-bond acceptors (Lipinski definition) is 5. The van der Waals surface area contributed by atoms with Crippen LogP contribution >= 0.6 is 34.5 Å². The normalized spacial score (nSPS) is 10.4. The van der Waals surface area contributed by atoms with Crippen LogP contribution in [-0.2, 0) is 0 Å². The van der Waals surface area contributed by atoms with Gasteiger partial charge in [0.15, 0.2) is 5.82 Å². The fraction of sp³-hybridized carbons (Fsp3) is 0.100. The molecule has 8 heteroatoms. The Kier molecular flexibility index (Phi) is 3.70. The molecule has 0 aliphatic heterocycles. The number of aromatic nitrogens is 2. The lowest BCUT2D eigenvalue weighted by atomic mass is 10.2. The van der Waals surface area contributed by atoms with Gasteiger partial charge in [-0.15, -0.1) is 11.3 Å². The molecule has 18 heavy (non-hydrogen) atoms. The molecular formula is C10H7Cl2N3O2S. The predicted molar refractivity (Wildman–Crippen MR) is 71.4 cm³/mol. The van der Waals surface area contributed by atoms with Crippen molar-refractivity contribution in [3.63, 3.8) is 0 Å². The summed E-state index contributed by atoms with van der Waals surface area (Å²) in [5.74, 6) is -0.729. The van der Waals surface area contributed by atoms with Gasteiger partial charge in [0.25, 0.3) is 0 Å². The van der Waals surface area contributed by atoms with Crippen LogP contribution in [0.3, 0.4) is 0 Å². The second-order valence-corrected chi connectivity index (χ2v) is 5.01. The van der Waals surface area contributed by atoms with Crippen LogP contribution in [0.5, 0.6) is 0 Å². The average molecular weight is 304 g/mol. The van der Waals surface area contributed by atoms with Crippen molar-refractivity contribution in [1.82, 2.24) is 9.97 Å². The molecule has 0 aromatic carbocycles. The first-order valence-electron chi connectivity index (χ1n) is 4.75. The fourth-order valence-electron chi connectivity index (χ4n) is 1.31. The zero-order valence-corrected chi connectivity index (χ0v) is 11.4. The third-order valence-corrected chi connectivity index (χ3v) is 3.67. The summed E-state index contributed by atoms with van der Waals surface area (Å²) < 4.78 is 0. The van der Waals surface area contributed by atoms with Gasteiger partial charge in [-0.1, -0.05) is 11.6 Å². The van der Waals surface area contributed by atoms with Gasteiger partial charge in [0.05, 0.1) is 11.9 Å². The van der Waals surface area contributed by atoms with E-state index in [1.165, 1.54) is 6.20 Å². The molecule has 0 spiro atoms. The van der Waals surface area contributed by atoms with Crippen LogP contribution in [0.25, 0.3) is 0 Å². The van der Waals surface area contributed by atoms with Crippen molar-refractivity contribution in [2.24, 2.45) is 0 Å². The Bertz CT molecular complexity index is 615. The van der Waals surface area contributed by atoms with Gasteiger partial charge in [-0.25, -0.2) is 9.78 Å². The zero-order valence-electron chi connectivity index (χ0n) is 9.07. The zero-order chi connectivity index (χ0) is 13.3. The van der Waals surface area contributed by atoms with Crippen molar-refractivity contribution in [2.75, 3.05) is 5.32 Å². The molecule has 0 unspecified atom stereocenters. The van der Waals surface area contributed by atoms with Gasteiger partial charge in [0.1, 0.15) is 9.90 Å². The van der Waals surface area contributed by atoms with Crippen molar-refractivity contribution in [2.45, 2.75) is 6.92 Å². The summed E-state index contributed by atoms with van der Waals surface area (Å²) in [4.78, 5) is 18.9. The monoisotopic (exact) mass is 303 g/mol. The molecule has 5 nitrogen and oxygen atoms in total. The smallest absolute Gasteiger partial charge is 0.348 e. The summed E-state index contributed by atoms with van der Waals surface area (Å²) in [7, 11) is 0. The van der Waals surface area contributed by atoms with E-state index in [1.54, 1.807) is 12.3 Å². The van der Waals surface area contributed by atoms with E-state index in [4.69, 9.17) is 28.3 Å². The molecule has 0 bridgehead atoms. The maximum absolute atomic E-state index is 11.1. The molecule has 2 aromatic heterocycles. The van der Waals surface area contributed by atoms with Crippen LogP contribution in [0.2, 0.25) is 10.3 Å². The Balaban J connectivity index is 2.42. The number of aromatic carboxylic acids is 1. The van der Waals surface area contributed by atoms with E-state index in [9.17, 15) is 4.79 Å². The van der Waals surface area contributed by atoms with Crippen molar-refractivity contribution >= 4 is 52.0 Å². The molecule has 2 aromatic rings. The first-order chi connectivity index (χ1) is 8.49. The van der Waals surface area contributed by atoms with Crippen molar-refractivity contribution in [1.29, 1.82) is 0 Å². The van der Waals surface area contributed by atoms with E-state index in [0.717, 1.165) is 16.9 Å². The highest BCUT2D eigenvalue weighted by Crippen LogP contribution is 2.32. The largest absolute Gasteiger partial charge is 0.477 e. The second kappa shape index (κ2) is 5.09. The van der Waals surface area contributed by atoms with Gasteiger partial charge >= 0.3 is 5.97 Å². The number of aryl methyl sites for hydroxylation is 1. The minimum atomic E-state index is -1.01. The highest BCUT2D eigenvalue weighted by Gasteiger charge is 2.17. The van der Waals surface area contributed by atoms with E-state index in [2.05, 4.69) is 15.3 Å². The van der Waals surface area contributed by atoms with Gasteiger partial charge in [-0.2, -0.15) is 4.98 Å². The first kappa shape index (κ1) is 13.1. The maximum Gasteiger partial charge on any atom is 0.348 e. The SMILES string of the molecule is Cc1csc(C(=O)O)c1Nc1nc(Cl)ncc1Cl. The summed E-state index contributed by atoms with van der Waals surface area (Å²) in [6.07, 6.45) is 1.35. The Labute approximate surface area is 116 Å². The first-order valence-corrected chi connectivity index (χ1v) is 6.39. The molecule has 0 radical (unpaired) electrons. The molecule has 0 fully saturated rings. The molecule has 94 valence electrons. The minimum absolute atomic E-state index is 0.0339. The molecule has 0 aliphatic carbocycles. The Hall–Kier alpha value is -1.37. The number of thiophene rings is 1. The molecule has 2 rings (SSSR count). The molecule has 0 saturated carbocycles. The topological polar surface area (TPSA) is 75.1 Å². The third-order valence-electron chi connectivity index (χ3n) is 2.13.